The number of ketones is 1. The van der Waals surface area contributed by atoms with Crippen LogP contribution >= 0.6 is 0 Å². The van der Waals surface area contributed by atoms with E-state index in [2.05, 4.69) is 0 Å². The number of allylic oxidation sites excluding steroid dienone is 1. The van der Waals surface area contributed by atoms with E-state index in [4.69, 9.17) is 0 Å². The number of rotatable bonds is 4. The number of nitrogens with zero attached hydrogens (tertiary/aromatic N) is 1. The lowest BCUT2D eigenvalue weighted by Crippen LogP contribution is -2.06. The molecule has 0 fully saturated rings. The smallest absolute Gasteiger partial charge is 0.289 e. The van der Waals surface area contributed by atoms with Crippen LogP contribution in [0.1, 0.15) is 21.5 Å². The zero-order chi connectivity index (χ0) is 17.0. The molecular weight excluding hydrogens is 311 g/mol. The van der Waals surface area contributed by atoms with Crippen LogP contribution in [0, 0.1) is 10.1 Å². The average Bonchev–Trinajstić information content (AvgIpc) is 2.52. The third-order valence-corrected chi connectivity index (χ3v) is 2.98. The van der Waals surface area contributed by atoms with E-state index in [1.54, 1.807) is 6.07 Å². The van der Waals surface area contributed by atoms with Gasteiger partial charge in [0, 0.05) is 17.7 Å². The van der Waals surface area contributed by atoms with Crippen molar-refractivity contribution in [2.24, 2.45) is 0 Å². The maximum Gasteiger partial charge on any atom is 0.416 e. The highest BCUT2D eigenvalue weighted by Gasteiger charge is 2.30. The Balaban J connectivity index is 2.22. The Labute approximate surface area is 129 Å². The summed E-state index contributed by atoms with van der Waals surface area (Å²) >= 11 is 0. The van der Waals surface area contributed by atoms with Gasteiger partial charge in [0.05, 0.1) is 10.5 Å². The maximum atomic E-state index is 12.6. The van der Waals surface area contributed by atoms with Crippen molar-refractivity contribution in [3.8, 4) is 0 Å². The molecule has 0 saturated carbocycles. The van der Waals surface area contributed by atoms with E-state index in [0.717, 1.165) is 24.3 Å². The number of nitro groups is 1. The Morgan fingerprint density at radius 1 is 1.09 bits per heavy atom. The first-order chi connectivity index (χ1) is 10.8. The predicted molar refractivity (Wildman–Crippen MR) is 77.9 cm³/mol. The Morgan fingerprint density at radius 3 is 2.43 bits per heavy atom. The first kappa shape index (κ1) is 16.4. The summed E-state index contributed by atoms with van der Waals surface area (Å²) in [5.74, 6) is -0.623. The van der Waals surface area contributed by atoms with Crippen LogP contribution < -0.4 is 0 Å². The minimum Gasteiger partial charge on any atom is -0.289 e. The second-order valence-electron chi connectivity index (χ2n) is 4.63. The highest BCUT2D eigenvalue weighted by molar-refractivity contribution is 6.06. The normalized spacial score (nSPS) is 11.6. The van der Waals surface area contributed by atoms with Crippen molar-refractivity contribution in [2.45, 2.75) is 6.18 Å². The molecule has 2 aromatic rings. The fraction of sp³-hybridized carbons (Fsp3) is 0.0625. The van der Waals surface area contributed by atoms with Crippen LogP contribution in [0.2, 0.25) is 0 Å². The molecule has 0 aliphatic carbocycles. The van der Waals surface area contributed by atoms with Gasteiger partial charge in [0.15, 0.2) is 5.78 Å². The predicted octanol–water partition coefficient (Wildman–Crippen LogP) is 4.51. The molecule has 2 aromatic carbocycles. The van der Waals surface area contributed by atoms with E-state index < -0.39 is 22.4 Å². The van der Waals surface area contributed by atoms with Crippen LogP contribution in [0.15, 0.2) is 54.6 Å². The van der Waals surface area contributed by atoms with Crippen molar-refractivity contribution >= 4 is 17.5 Å². The molecular formula is C16H10F3NO3. The molecule has 7 heteroatoms. The summed E-state index contributed by atoms with van der Waals surface area (Å²) in [7, 11) is 0. The van der Waals surface area contributed by atoms with Gasteiger partial charge in [0.1, 0.15) is 0 Å². The van der Waals surface area contributed by atoms with Crippen molar-refractivity contribution in [3.63, 3.8) is 0 Å². The third kappa shape index (κ3) is 4.26. The van der Waals surface area contributed by atoms with Crippen LogP contribution in [0.25, 0.3) is 6.08 Å². The summed E-state index contributed by atoms with van der Waals surface area (Å²) in [4.78, 5) is 22.0. The van der Waals surface area contributed by atoms with Gasteiger partial charge in [-0.1, -0.05) is 30.3 Å². The number of hydrogen-bond acceptors (Lipinski definition) is 3. The van der Waals surface area contributed by atoms with Crippen molar-refractivity contribution < 1.29 is 22.9 Å². The molecule has 4 nitrogen and oxygen atoms in total. The van der Waals surface area contributed by atoms with E-state index in [0.29, 0.717) is 5.56 Å². The van der Waals surface area contributed by atoms with E-state index >= 15 is 0 Å². The van der Waals surface area contributed by atoms with Gasteiger partial charge in [-0.25, -0.2) is 0 Å². The van der Waals surface area contributed by atoms with Crippen LogP contribution in [-0.4, -0.2) is 10.7 Å². The minimum absolute atomic E-state index is 0.110. The van der Waals surface area contributed by atoms with E-state index in [-0.39, 0.29) is 11.3 Å². The molecule has 118 valence electrons. The van der Waals surface area contributed by atoms with Gasteiger partial charge in [-0.05, 0) is 23.8 Å². The lowest BCUT2D eigenvalue weighted by molar-refractivity contribution is -0.384. The number of hydrogen-bond donors (Lipinski definition) is 0. The van der Waals surface area contributed by atoms with Crippen molar-refractivity contribution in [2.75, 3.05) is 0 Å². The van der Waals surface area contributed by atoms with E-state index in [1.165, 1.54) is 30.3 Å². The van der Waals surface area contributed by atoms with Gasteiger partial charge in [-0.15, -0.1) is 0 Å². The number of alkyl halides is 3. The van der Waals surface area contributed by atoms with Gasteiger partial charge in [0.2, 0.25) is 0 Å². The topological polar surface area (TPSA) is 60.2 Å². The number of carbonyl (C=O) groups excluding carboxylic acids is 1. The molecule has 0 radical (unpaired) electrons. The Kier molecular flexibility index (Phi) is 4.59. The number of carbonyl (C=O) groups is 1. The first-order valence-electron chi connectivity index (χ1n) is 6.41. The van der Waals surface area contributed by atoms with Gasteiger partial charge >= 0.3 is 6.18 Å². The number of benzene rings is 2. The summed E-state index contributed by atoms with van der Waals surface area (Å²) < 4.78 is 37.8. The SMILES string of the molecule is O=C(C=Cc1cccc([N+](=O)[O-])c1)c1cccc(C(F)(F)F)c1. The molecule has 0 heterocycles. The molecule has 0 spiro atoms. The van der Waals surface area contributed by atoms with Crippen molar-refractivity contribution in [1.82, 2.24) is 0 Å². The second-order valence-corrected chi connectivity index (χ2v) is 4.63. The fourth-order valence-corrected chi connectivity index (χ4v) is 1.86. The molecule has 23 heavy (non-hydrogen) atoms. The van der Waals surface area contributed by atoms with Gasteiger partial charge in [0.25, 0.3) is 5.69 Å². The second kappa shape index (κ2) is 6.43. The zero-order valence-electron chi connectivity index (χ0n) is 11.6. The third-order valence-electron chi connectivity index (χ3n) is 2.98. The molecule has 0 aromatic heterocycles. The lowest BCUT2D eigenvalue weighted by atomic mass is 10.1. The van der Waals surface area contributed by atoms with Gasteiger partial charge in [-0.2, -0.15) is 13.2 Å². The molecule has 2 rings (SSSR count). The summed E-state index contributed by atoms with van der Waals surface area (Å²) in [5.41, 5.74) is -0.758. The number of halogens is 3. The standard InChI is InChI=1S/C16H10F3NO3/c17-16(18,19)13-5-2-4-12(10-13)15(21)8-7-11-3-1-6-14(9-11)20(22)23/h1-10H. The van der Waals surface area contributed by atoms with Crippen molar-refractivity contribution in [3.05, 3.63) is 81.4 Å². The Bertz CT molecular complexity index is 782. The maximum absolute atomic E-state index is 12.6. The summed E-state index contributed by atoms with van der Waals surface area (Å²) in [6.45, 7) is 0. The zero-order valence-corrected chi connectivity index (χ0v) is 11.6. The molecule has 0 aliphatic heterocycles. The van der Waals surface area contributed by atoms with Crippen LogP contribution in [0.3, 0.4) is 0 Å². The van der Waals surface area contributed by atoms with Crippen LogP contribution in [0.5, 0.6) is 0 Å². The molecule has 0 atom stereocenters. The summed E-state index contributed by atoms with van der Waals surface area (Å²) in [6.07, 6.45) is -2.13. The van der Waals surface area contributed by atoms with Crippen LogP contribution in [-0.2, 0) is 6.18 Å². The lowest BCUT2D eigenvalue weighted by Gasteiger charge is -2.07. The van der Waals surface area contributed by atoms with E-state index in [1.807, 2.05) is 0 Å². The molecule has 0 N–H and O–H groups in total. The minimum atomic E-state index is -4.53. The number of nitro benzene ring substituents is 1. The summed E-state index contributed by atoms with van der Waals surface area (Å²) in [5, 5.41) is 10.7. The highest BCUT2D eigenvalue weighted by atomic mass is 19.4. The summed E-state index contributed by atoms with van der Waals surface area (Å²) in [6, 6.07) is 9.62. The average molecular weight is 321 g/mol. The fourth-order valence-electron chi connectivity index (χ4n) is 1.86. The first-order valence-corrected chi connectivity index (χ1v) is 6.41. The van der Waals surface area contributed by atoms with Gasteiger partial charge in [-0.3, -0.25) is 14.9 Å². The van der Waals surface area contributed by atoms with E-state index in [9.17, 15) is 28.1 Å². The molecule has 0 bridgehead atoms. The molecule has 0 aliphatic rings. The molecule has 0 amide bonds. The number of non-ortho nitro benzene ring substituents is 1. The molecule has 0 unspecified atom stereocenters. The van der Waals surface area contributed by atoms with Gasteiger partial charge < -0.3 is 0 Å². The van der Waals surface area contributed by atoms with Crippen molar-refractivity contribution in [1.29, 1.82) is 0 Å². The Hall–Kier alpha value is -2.96. The highest BCUT2D eigenvalue weighted by Crippen LogP contribution is 2.29. The molecule has 0 saturated heterocycles. The largest absolute Gasteiger partial charge is 0.416 e. The quantitative estimate of drug-likeness (QED) is 0.360. The Morgan fingerprint density at radius 2 is 1.78 bits per heavy atom. The monoisotopic (exact) mass is 321 g/mol. The van der Waals surface area contributed by atoms with Crippen LogP contribution in [0.4, 0.5) is 18.9 Å².